The lowest BCUT2D eigenvalue weighted by Crippen LogP contribution is -2.04. The number of fused-ring (bicyclic) bond motifs is 3. The zero-order valence-electron chi connectivity index (χ0n) is 15.8. The lowest BCUT2D eigenvalue weighted by atomic mass is 10.1. The molecular weight excluding hydrogens is 354 g/mol. The Morgan fingerprint density at radius 3 is 2.93 bits per heavy atom. The van der Waals surface area contributed by atoms with E-state index in [2.05, 4.69) is 33.5 Å². The lowest BCUT2D eigenvalue weighted by molar-refractivity contribution is -0.106. The number of aromatic amines is 1. The largest absolute Gasteiger partial charge is 0.487 e. The van der Waals surface area contributed by atoms with Gasteiger partial charge in [-0.2, -0.15) is 5.10 Å². The predicted molar refractivity (Wildman–Crippen MR) is 108 cm³/mol. The zero-order chi connectivity index (χ0) is 19.5. The van der Waals surface area contributed by atoms with Crippen molar-refractivity contribution in [3.8, 4) is 17.0 Å². The number of benzene rings is 1. The van der Waals surface area contributed by atoms with Crippen LogP contribution in [0.4, 0.5) is 5.69 Å². The maximum absolute atomic E-state index is 8.81. The van der Waals surface area contributed by atoms with Gasteiger partial charge < -0.3 is 19.8 Å². The van der Waals surface area contributed by atoms with Crippen molar-refractivity contribution in [2.45, 2.75) is 20.1 Å². The van der Waals surface area contributed by atoms with Gasteiger partial charge in [-0.3, -0.25) is 4.68 Å². The molecule has 7 nitrogen and oxygen atoms in total. The third-order valence-electron chi connectivity index (χ3n) is 4.65. The summed E-state index contributed by atoms with van der Waals surface area (Å²) in [6, 6.07) is 12.3. The molecule has 1 aliphatic heterocycles. The van der Waals surface area contributed by atoms with Crippen LogP contribution in [0.25, 0.3) is 22.3 Å². The molecule has 0 aliphatic carbocycles. The Labute approximate surface area is 162 Å². The van der Waals surface area contributed by atoms with E-state index in [9.17, 15) is 0 Å². The smallest absolute Gasteiger partial charge is 0.137 e. The van der Waals surface area contributed by atoms with E-state index >= 15 is 0 Å². The summed E-state index contributed by atoms with van der Waals surface area (Å²) in [5.41, 5.74) is 6.15. The van der Waals surface area contributed by atoms with Crippen LogP contribution < -0.4 is 10.1 Å². The number of aromatic nitrogens is 4. The fourth-order valence-electron chi connectivity index (χ4n) is 3.31. The molecule has 0 saturated heterocycles. The first kappa shape index (κ1) is 17.8. The van der Waals surface area contributed by atoms with E-state index in [0.717, 1.165) is 51.3 Å². The molecule has 2 N–H and O–H groups in total. The topological polar surface area (TPSA) is 84.8 Å². The summed E-state index contributed by atoms with van der Waals surface area (Å²) < 4.78 is 8.05. The van der Waals surface area contributed by atoms with Crippen molar-refractivity contribution in [1.82, 2.24) is 19.7 Å². The minimum absolute atomic E-state index is 0.508. The van der Waals surface area contributed by atoms with Crippen molar-refractivity contribution >= 4 is 23.0 Å². The maximum atomic E-state index is 8.81. The fourth-order valence-corrected chi connectivity index (χ4v) is 3.31. The van der Waals surface area contributed by atoms with Gasteiger partial charge in [0.1, 0.15) is 24.3 Å². The van der Waals surface area contributed by atoms with Gasteiger partial charge in [-0.1, -0.05) is 6.07 Å². The lowest BCUT2D eigenvalue weighted by Gasteiger charge is -2.09. The summed E-state index contributed by atoms with van der Waals surface area (Å²) in [5.74, 6) is 0.913. The third-order valence-corrected chi connectivity index (χ3v) is 4.65. The highest BCUT2D eigenvalue weighted by molar-refractivity contribution is 5.91. The molecular formula is C21H21N5O2. The van der Waals surface area contributed by atoms with Gasteiger partial charge in [0.25, 0.3) is 0 Å². The Hall–Kier alpha value is -3.61. The van der Waals surface area contributed by atoms with Gasteiger partial charge in [0.15, 0.2) is 0 Å². The number of anilines is 1. The first-order valence-corrected chi connectivity index (χ1v) is 9.06. The summed E-state index contributed by atoms with van der Waals surface area (Å²) in [6.45, 7) is 2.66. The second-order valence-electron chi connectivity index (χ2n) is 6.37. The normalized spacial score (nSPS) is 12.1. The summed E-state index contributed by atoms with van der Waals surface area (Å²) >= 11 is 0. The summed E-state index contributed by atoms with van der Waals surface area (Å²) in [7, 11) is 1.91. The number of hydrogen-bond donors (Lipinski definition) is 2. The van der Waals surface area contributed by atoms with Gasteiger partial charge in [0, 0.05) is 47.7 Å². The van der Waals surface area contributed by atoms with Crippen LogP contribution in [0.2, 0.25) is 0 Å². The number of hydrogen-bond acceptors (Lipinski definition) is 5. The fraction of sp³-hybridized carbons (Fsp3) is 0.190. The standard InChI is InChI=1S/C19H17N5O.C2H4O/c1-20-13-3-2-12-10-24-14(11-25-18(12)8-13)9-17(23-24)15-4-6-21-19-16(15)5-7-22-19;1-2-3/h2-9,20H,10-11H2,1H3,(H,21,22);2H,1H3. The van der Waals surface area contributed by atoms with E-state index in [1.165, 1.54) is 6.92 Å². The Morgan fingerprint density at radius 2 is 2.11 bits per heavy atom. The third kappa shape index (κ3) is 3.22. The molecule has 4 aromatic rings. The average molecular weight is 375 g/mol. The van der Waals surface area contributed by atoms with E-state index in [1.54, 1.807) is 0 Å². The molecule has 142 valence electrons. The van der Waals surface area contributed by atoms with Gasteiger partial charge in [-0.05, 0) is 31.2 Å². The number of carbonyl (C=O) groups excluding carboxylic acids is 1. The molecule has 7 heteroatoms. The number of carbonyl (C=O) groups is 1. The number of ether oxygens (including phenoxy) is 1. The van der Waals surface area contributed by atoms with E-state index < -0.39 is 0 Å². The van der Waals surface area contributed by atoms with Crippen molar-refractivity contribution in [3.05, 3.63) is 60.0 Å². The van der Waals surface area contributed by atoms with Crippen LogP contribution in [0.15, 0.2) is 48.8 Å². The Kier molecular flexibility index (Phi) is 4.80. The van der Waals surface area contributed by atoms with Gasteiger partial charge in [0.05, 0.1) is 17.9 Å². The molecule has 5 rings (SSSR count). The zero-order valence-corrected chi connectivity index (χ0v) is 15.8. The molecule has 0 radical (unpaired) electrons. The molecule has 0 bridgehead atoms. The van der Waals surface area contributed by atoms with Crippen molar-refractivity contribution in [2.24, 2.45) is 0 Å². The van der Waals surface area contributed by atoms with Gasteiger partial charge in [0.2, 0.25) is 0 Å². The van der Waals surface area contributed by atoms with Crippen LogP contribution in [-0.2, 0) is 17.9 Å². The van der Waals surface area contributed by atoms with Crippen LogP contribution in [0.5, 0.6) is 5.75 Å². The van der Waals surface area contributed by atoms with Crippen LogP contribution in [-0.4, -0.2) is 33.1 Å². The Morgan fingerprint density at radius 1 is 1.25 bits per heavy atom. The van der Waals surface area contributed by atoms with Crippen LogP contribution >= 0.6 is 0 Å². The Balaban J connectivity index is 0.000000604. The first-order chi connectivity index (χ1) is 13.7. The SMILES string of the molecule is CC=O.CNc1ccc2c(c1)OCc1cc(-c3ccnc4[nH]ccc34)nn1C2. The summed E-state index contributed by atoms with van der Waals surface area (Å²) in [6.07, 6.45) is 4.46. The highest BCUT2D eigenvalue weighted by Gasteiger charge is 2.18. The highest BCUT2D eigenvalue weighted by atomic mass is 16.5. The second kappa shape index (κ2) is 7.56. The predicted octanol–water partition coefficient (Wildman–Crippen LogP) is 3.61. The number of rotatable bonds is 2. The number of aldehydes is 1. The summed E-state index contributed by atoms with van der Waals surface area (Å²) in [4.78, 5) is 16.3. The van der Waals surface area contributed by atoms with Gasteiger partial charge in [-0.15, -0.1) is 0 Å². The molecule has 0 atom stereocenters. The van der Waals surface area contributed by atoms with E-state index in [-0.39, 0.29) is 0 Å². The number of H-pyrrole nitrogens is 1. The highest BCUT2D eigenvalue weighted by Crippen LogP contribution is 2.31. The van der Waals surface area contributed by atoms with Crippen LogP contribution in [0, 0.1) is 0 Å². The molecule has 28 heavy (non-hydrogen) atoms. The molecule has 4 heterocycles. The molecule has 0 fully saturated rings. The van der Waals surface area contributed by atoms with Gasteiger partial charge >= 0.3 is 0 Å². The second-order valence-corrected chi connectivity index (χ2v) is 6.37. The van der Waals surface area contributed by atoms with Crippen LogP contribution in [0.3, 0.4) is 0 Å². The average Bonchev–Trinajstić information content (AvgIpc) is 3.31. The molecule has 0 spiro atoms. The molecule has 1 aliphatic rings. The Bertz CT molecular complexity index is 1130. The molecule has 3 aromatic heterocycles. The van der Waals surface area contributed by atoms with Crippen molar-refractivity contribution in [2.75, 3.05) is 12.4 Å². The van der Waals surface area contributed by atoms with E-state index in [1.807, 2.05) is 42.3 Å². The van der Waals surface area contributed by atoms with Crippen molar-refractivity contribution in [3.63, 3.8) is 0 Å². The molecule has 0 saturated carbocycles. The quantitative estimate of drug-likeness (QED) is 0.523. The molecule has 0 unspecified atom stereocenters. The minimum atomic E-state index is 0.508. The summed E-state index contributed by atoms with van der Waals surface area (Å²) in [5, 5.41) is 9.06. The molecule has 1 aromatic carbocycles. The monoisotopic (exact) mass is 375 g/mol. The van der Waals surface area contributed by atoms with Crippen molar-refractivity contribution in [1.29, 1.82) is 0 Å². The first-order valence-electron chi connectivity index (χ1n) is 9.06. The number of nitrogens with one attached hydrogen (secondary N) is 2. The molecule has 0 amide bonds. The van der Waals surface area contributed by atoms with Crippen molar-refractivity contribution < 1.29 is 9.53 Å². The van der Waals surface area contributed by atoms with E-state index in [4.69, 9.17) is 14.6 Å². The minimum Gasteiger partial charge on any atom is -0.487 e. The number of pyridine rings is 1. The maximum Gasteiger partial charge on any atom is 0.137 e. The van der Waals surface area contributed by atoms with Gasteiger partial charge in [-0.25, -0.2) is 4.98 Å². The van der Waals surface area contributed by atoms with Crippen LogP contribution in [0.1, 0.15) is 18.2 Å². The number of nitrogens with zero attached hydrogens (tertiary/aromatic N) is 3. The van der Waals surface area contributed by atoms with E-state index in [0.29, 0.717) is 13.2 Å².